The van der Waals surface area contributed by atoms with E-state index in [2.05, 4.69) is 20.5 Å². The van der Waals surface area contributed by atoms with Crippen molar-refractivity contribution in [2.75, 3.05) is 11.9 Å². The van der Waals surface area contributed by atoms with Crippen molar-refractivity contribution >= 4 is 50.5 Å². The summed E-state index contributed by atoms with van der Waals surface area (Å²) in [5.41, 5.74) is 2.93. The van der Waals surface area contributed by atoms with E-state index in [1.165, 1.54) is 0 Å². The number of nitrogens with zero attached hydrogens (tertiary/aromatic N) is 3. The van der Waals surface area contributed by atoms with Crippen LogP contribution in [0.1, 0.15) is 11.4 Å². The molecule has 7 nitrogen and oxygen atoms in total. The molecule has 8 heteroatoms. The number of hydrogen-bond acceptors (Lipinski definition) is 7. The lowest BCUT2D eigenvalue weighted by Gasteiger charge is -2.06. The molecule has 0 aliphatic rings. The number of carbonyl (C=O) groups excluding carboxylic acids is 2. The number of rotatable bonds is 8. The van der Waals surface area contributed by atoms with Gasteiger partial charge in [-0.2, -0.15) is 10.2 Å². The number of carbonyl (C=O) groups is 2. The van der Waals surface area contributed by atoms with Gasteiger partial charge < -0.3 is 10.1 Å². The molecule has 0 aliphatic carbocycles. The summed E-state index contributed by atoms with van der Waals surface area (Å²) in [6, 6.07) is 24.2. The van der Waals surface area contributed by atoms with E-state index < -0.39 is 11.9 Å². The quantitative estimate of drug-likeness (QED) is 0.273. The van der Waals surface area contributed by atoms with Crippen molar-refractivity contribution in [3.8, 4) is 0 Å². The first-order chi connectivity index (χ1) is 15.7. The zero-order chi connectivity index (χ0) is 22.2. The molecule has 1 aromatic heterocycles. The molecular weight excluding hydrogens is 424 g/mol. The molecule has 0 saturated heterocycles. The van der Waals surface area contributed by atoms with Crippen LogP contribution in [0, 0.1) is 0 Å². The number of ether oxygens (including phenoxy) is 1. The minimum absolute atomic E-state index is 0.175. The van der Waals surface area contributed by atoms with E-state index in [9.17, 15) is 9.59 Å². The number of aromatic nitrogens is 1. The van der Waals surface area contributed by atoms with Crippen LogP contribution in [0.5, 0.6) is 0 Å². The molecule has 0 bridgehead atoms. The number of hydrogen-bond donors (Lipinski definition) is 1. The summed E-state index contributed by atoms with van der Waals surface area (Å²) in [6.45, 7) is -0.339. The lowest BCUT2D eigenvalue weighted by Crippen LogP contribution is -2.21. The van der Waals surface area contributed by atoms with Gasteiger partial charge in [-0.3, -0.25) is 9.59 Å². The molecule has 4 aromatic rings. The Morgan fingerprint density at radius 2 is 1.56 bits per heavy atom. The highest BCUT2D eigenvalue weighted by Gasteiger charge is 2.10. The number of benzene rings is 3. The molecule has 4 rings (SSSR count). The Bertz CT molecular complexity index is 1200. The van der Waals surface area contributed by atoms with Gasteiger partial charge in [-0.15, -0.1) is 11.3 Å². The largest absolute Gasteiger partial charge is 0.456 e. The number of para-hydroxylation sites is 1. The SMILES string of the molecule is O=C(COC(=O)CCc1nc2ccccc2s1)Nc1ccc(N=Nc2ccccc2)cc1. The molecule has 160 valence electrons. The molecule has 0 aliphatic heterocycles. The highest BCUT2D eigenvalue weighted by molar-refractivity contribution is 7.18. The minimum atomic E-state index is -0.434. The number of fused-ring (bicyclic) bond motifs is 1. The van der Waals surface area contributed by atoms with Gasteiger partial charge in [0.05, 0.1) is 33.0 Å². The maximum Gasteiger partial charge on any atom is 0.306 e. The summed E-state index contributed by atoms with van der Waals surface area (Å²) in [6.07, 6.45) is 0.660. The van der Waals surface area contributed by atoms with Crippen LogP contribution in [-0.4, -0.2) is 23.5 Å². The van der Waals surface area contributed by atoms with E-state index in [0.29, 0.717) is 17.8 Å². The van der Waals surface area contributed by atoms with Gasteiger partial charge in [-0.25, -0.2) is 4.98 Å². The second-order valence-corrected chi connectivity index (χ2v) is 7.98. The number of amides is 1. The lowest BCUT2D eigenvalue weighted by molar-refractivity contribution is -0.147. The zero-order valence-electron chi connectivity index (χ0n) is 17.1. The van der Waals surface area contributed by atoms with Gasteiger partial charge in [0.25, 0.3) is 5.91 Å². The van der Waals surface area contributed by atoms with E-state index >= 15 is 0 Å². The highest BCUT2D eigenvalue weighted by atomic mass is 32.1. The topological polar surface area (TPSA) is 93.0 Å². The fourth-order valence-electron chi connectivity index (χ4n) is 2.87. The highest BCUT2D eigenvalue weighted by Crippen LogP contribution is 2.23. The number of azo groups is 1. The predicted molar refractivity (Wildman–Crippen MR) is 125 cm³/mol. The minimum Gasteiger partial charge on any atom is -0.456 e. The molecule has 0 unspecified atom stereocenters. The summed E-state index contributed by atoms with van der Waals surface area (Å²) in [7, 11) is 0. The second kappa shape index (κ2) is 10.4. The Kier molecular flexibility index (Phi) is 6.94. The monoisotopic (exact) mass is 444 g/mol. The van der Waals surface area contributed by atoms with Crippen molar-refractivity contribution in [1.29, 1.82) is 0 Å². The third kappa shape index (κ3) is 6.05. The van der Waals surface area contributed by atoms with Gasteiger partial charge in [0, 0.05) is 12.1 Å². The van der Waals surface area contributed by atoms with Gasteiger partial charge in [-0.05, 0) is 48.5 Å². The molecule has 0 atom stereocenters. The number of aryl methyl sites for hydroxylation is 1. The van der Waals surface area contributed by atoms with E-state index in [-0.39, 0.29) is 13.0 Å². The Labute approximate surface area is 188 Å². The van der Waals surface area contributed by atoms with Gasteiger partial charge in [-0.1, -0.05) is 30.3 Å². The molecular formula is C24H20N4O3S. The maximum atomic E-state index is 12.1. The van der Waals surface area contributed by atoms with Crippen LogP contribution in [0.15, 0.2) is 89.1 Å². The van der Waals surface area contributed by atoms with Crippen molar-refractivity contribution in [3.05, 3.63) is 83.9 Å². The van der Waals surface area contributed by atoms with Crippen LogP contribution < -0.4 is 5.32 Å². The van der Waals surface area contributed by atoms with Gasteiger partial charge in [0.2, 0.25) is 0 Å². The van der Waals surface area contributed by atoms with Crippen molar-refractivity contribution < 1.29 is 14.3 Å². The fourth-order valence-corrected chi connectivity index (χ4v) is 3.84. The van der Waals surface area contributed by atoms with E-state index in [4.69, 9.17) is 4.74 Å². The maximum absolute atomic E-state index is 12.1. The van der Waals surface area contributed by atoms with Crippen LogP contribution in [0.2, 0.25) is 0 Å². The van der Waals surface area contributed by atoms with Gasteiger partial charge in [0.1, 0.15) is 0 Å². The molecule has 0 saturated carbocycles. The number of esters is 1. The lowest BCUT2D eigenvalue weighted by atomic mass is 10.3. The molecule has 3 aromatic carbocycles. The molecule has 32 heavy (non-hydrogen) atoms. The molecule has 1 N–H and O–H groups in total. The Balaban J connectivity index is 1.20. The second-order valence-electron chi connectivity index (χ2n) is 6.87. The smallest absolute Gasteiger partial charge is 0.306 e. The molecule has 0 spiro atoms. The van der Waals surface area contributed by atoms with Crippen LogP contribution >= 0.6 is 11.3 Å². The average Bonchev–Trinajstić information content (AvgIpc) is 3.25. The first-order valence-corrected chi connectivity index (χ1v) is 10.8. The van der Waals surface area contributed by atoms with Crippen LogP contribution in [0.25, 0.3) is 10.2 Å². The molecule has 0 radical (unpaired) electrons. The van der Waals surface area contributed by atoms with Gasteiger partial charge >= 0.3 is 5.97 Å². The van der Waals surface area contributed by atoms with E-state index in [1.807, 2.05) is 54.6 Å². The summed E-state index contributed by atoms with van der Waals surface area (Å²) < 4.78 is 6.16. The molecule has 1 heterocycles. The first-order valence-electron chi connectivity index (χ1n) is 10.0. The zero-order valence-corrected chi connectivity index (χ0v) is 17.9. The third-order valence-corrected chi connectivity index (χ3v) is 5.53. The van der Waals surface area contributed by atoms with Crippen LogP contribution in [0.4, 0.5) is 17.1 Å². The van der Waals surface area contributed by atoms with E-state index in [0.717, 1.165) is 20.9 Å². The molecule has 0 fully saturated rings. The summed E-state index contributed by atoms with van der Waals surface area (Å²) in [5, 5.41) is 11.9. The Morgan fingerprint density at radius 3 is 2.31 bits per heavy atom. The van der Waals surface area contributed by atoms with Crippen molar-refractivity contribution in [3.63, 3.8) is 0 Å². The van der Waals surface area contributed by atoms with Crippen molar-refractivity contribution in [1.82, 2.24) is 4.98 Å². The number of anilines is 1. The standard InChI is InChI=1S/C24H20N4O3S/c29-22(16-31-24(30)15-14-23-26-20-8-4-5-9-21(20)32-23)25-17-10-12-19(13-11-17)28-27-18-6-2-1-3-7-18/h1-13H,14-16H2,(H,25,29). The summed E-state index contributed by atoms with van der Waals surface area (Å²) in [4.78, 5) is 28.5. The number of nitrogens with one attached hydrogen (secondary N) is 1. The van der Waals surface area contributed by atoms with Crippen molar-refractivity contribution in [2.24, 2.45) is 10.2 Å². The molecule has 1 amide bonds. The Hall–Kier alpha value is -3.91. The Morgan fingerprint density at radius 1 is 0.875 bits per heavy atom. The van der Waals surface area contributed by atoms with Crippen molar-refractivity contribution in [2.45, 2.75) is 12.8 Å². The fraction of sp³-hybridized carbons (Fsp3) is 0.125. The average molecular weight is 445 g/mol. The predicted octanol–water partition coefficient (Wildman–Crippen LogP) is 5.83. The van der Waals surface area contributed by atoms with Crippen LogP contribution in [-0.2, 0) is 20.7 Å². The van der Waals surface area contributed by atoms with Gasteiger partial charge in [0.15, 0.2) is 6.61 Å². The van der Waals surface area contributed by atoms with Crippen LogP contribution in [0.3, 0.4) is 0 Å². The summed E-state index contributed by atoms with van der Waals surface area (Å²) >= 11 is 1.56. The number of thiazole rings is 1. The first kappa shape index (κ1) is 21.3. The third-order valence-electron chi connectivity index (χ3n) is 4.43. The summed E-state index contributed by atoms with van der Waals surface area (Å²) in [5.74, 6) is -0.840. The normalized spacial score (nSPS) is 11.0. The van der Waals surface area contributed by atoms with E-state index in [1.54, 1.807) is 35.6 Å².